The summed E-state index contributed by atoms with van der Waals surface area (Å²) in [6.07, 6.45) is 1.54. The third-order valence-electron chi connectivity index (χ3n) is 3.26. The van der Waals surface area contributed by atoms with Gasteiger partial charge in [-0.2, -0.15) is 11.8 Å². The highest BCUT2D eigenvalue weighted by Gasteiger charge is 2.15. The molecule has 1 aromatic rings. The lowest BCUT2D eigenvalue weighted by molar-refractivity contribution is -0.137. The molecule has 1 amide bonds. The number of hydrogen-bond donors (Lipinski definition) is 2. The quantitative estimate of drug-likeness (QED) is 0.647. The van der Waals surface area contributed by atoms with Crippen molar-refractivity contribution >= 4 is 23.6 Å². The van der Waals surface area contributed by atoms with E-state index in [0.717, 1.165) is 17.7 Å². The van der Waals surface area contributed by atoms with Crippen LogP contribution in [0.5, 0.6) is 0 Å². The van der Waals surface area contributed by atoms with Gasteiger partial charge in [-0.15, -0.1) is 0 Å². The molecule has 1 atom stereocenters. The molecule has 0 radical (unpaired) electrons. The highest BCUT2D eigenvalue weighted by Crippen LogP contribution is 2.19. The summed E-state index contributed by atoms with van der Waals surface area (Å²) in [5.74, 6) is 1.15. The molecular weight excluding hydrogens is 298 g/mol. The lowest BCUT2D eigenvalue weighted by Crippen LogP contribution is -2.30. The van der Waals surface area contributed by atoms with Crippen LogP contribution in [0.15, 0.2) is 30.3 Å². The van der Waals surface area contributed by atoms with E-state index in [-0.39, 0.29) is 18.4 Å². The first-order valence-electron chi connectivity index (χ1n) is 7.63. The van der Waals surface area contributed by atoms with Crippen LogP contribution < -0.4 is 5.32 Å². The molecule has 2 N–H and O–H groups in total. The summed E-state index contributed by atoms with van der Waals surface area (Å²) in [6.45, 7) is 4.33. The predicted molar refractivity (Wildman–Crippen MR) is 91.0 cm³/mol. The van der Waals surface area contributed by atoms with Gasteiger partial charge in [0.1, 0.15) is 0 Å². The SMILES string of the molecule is CC(C)CCSCC(=O)NC(CCC(=O)O)c1ccccc1. The average Bonchev–Trinajstić information content (AvgIpc) is 2.48. The molecule has 4 nitrogen and oxygen atoms in total. The van der Waals surface area contributed by atoms with E-state index >= 15 is 0 Å². The Balaban J connectivity index is 2.49. The molecule has 0 bridgehead atoms. The number of thioether (sulfide) groups is 1. The molecule has 22 heavy (non-hydrogen) atoms. The number of rotatable bonds is 10. The normalized spacial score (nSPS) is 12.1. The van der Waals surface area contributed by atoms with Crippen molar-refractivity contribution in [2.45, 2.75) is 39.2 Å². The average molecular weight is 323 g/mol. The fraction of sp³-hybridized carbons (Fsp3) is 0.529. The molecule has 0 heterocycles. The molecule has 1 rings (SSSR count). The van der Waals surface area contributed by atoms with Gasteiger partial charge in [0.15, 0.2) is 0 Å². The smallest absolute Gasteiger partial charge is 0.303 e. The molecule has 0 aliphatic carbocycles. The number of carboxylic acid groups (broad SMARTS) is 1. The van der Waals surface area contributed by atoms with Gasteiger partial charge in [-0.1, -0.05) is 44.2 Å². The van der Waals surface area contributed by atoms with E-state index in [1.54, 1.807) is 11.8 Å². The van der Waals surface area contributed by atoms with Crippen molar-refractivity contribution in [1.29, 1.82) is 0 Å². The molecule has 122 valence electrons. The van der Waals surface area contributed by atoms with Crippen LogP contribution in [0.25, 0.3) is 0 Å². The van der Waals surface area contributed by atoms with Crippen molar-refractivity contribution in [3.63, 3.8) is 0 Å². The van der Waals surface area contributed by atoms with Gasteiger partial charge in [0.2, 0.25) is 5.91 Å². The standard InChI is InChI=1S/C17H25NO3S/c1-13(2)10-11-22-12-16(19)18-15(8-9-17(20)21)14-6-4-3-5-7-14/h3-7,13,15H,8-12H2,1-2H3,(H,18,19)(H,20,21). The first-order chi connectivity index (χ1) is 10.5. The van der Waals surface area contributed by atoms with Gasteiger partial charge >= 0.3 is 5.97 Å². The number of carbonyl (C=O) groups excluding carboxylic acids is 1. The monoisotopic (exact) mass is 323 g/mol. The Morgan fingerprint density at radius 2 is 1.86 bits per heavy atom. The van der Waals surface area contributed by atoms with Gasteiger partial charge in [0, 0.05) is 6.42 Å². The zero-order valence-electron chi connectivity index (χ0n) is 13.2. The van der Waals surface area contributed by atoms with Gasteiger partial charge in [-0.05, 0) is 30.1 Å². The Morgan fingerprint density at radius 1 is 1.18 bits per heavy atom. The number of carboxylic acids is 1. The summed E-state index contributed by atoms with van der Waals surface area (Å²) in [6, 6.07) is 9.29. The molecule has 0 fully saturated rings. The molecule has 1 unspecified atom stereocenters. The maximum absolute atomic E-state index is 12.0. The Morgan fingerprint density at radius 3 is 2.45 bits per heavy atom. The van der Waals surface area contributed by atoms with Crippen molar-refractivity contribution < 1.29 is 14.7 Å². The van der Waals surface area contributed by atoms with Crippen LogP contribution in [0, 0.1) is 5.92 Å². The second kappa shape index (κ2) is 10.3. The van der Waals surface area contributed by atoms with Gasteiger partial charge in [-0.25, -0.2) is 0 Å². The Hall–Kier alpha value is -1.49. The topological polar surface area (TPSA) is 66.4 Å². The van der Waals surface area contributed by atoms with Crippen LogP contribution in [-0.2, 0) is 9.59 Å². The summed E-state index contributed by atoms with van der Waals surface area (Å²) in [4.78, 5) is 22.8. The minimum Gasteiger partial charge on any atom is -0.481 e. The number of nitrogens with one attached hydrogen (secondary N) is 1. The lowest BCUT2D eigenvalue weighted by atomic mass is 10.0. The third kappa shape index (κ3) is 8.08. The van der Waals surface area contributed by atoms with Crippen molar-refractivity contribution in [3.8, 4) is 0 Å². The molecule has 0 saturated heterocycles. The van der Waals surface area contributed by atoms with Crippen molar-refractivity contribution in [3.05, 3.63) is 35.9 Å². The highest BCUT2D eigenvalue weighted by atomic mass is 32.2. The Kier molecular flexibility index (Phi) is 8.67. The molecule has 5 heteroatoms. The number of aliphatic carboxylic acids is 1. The largest absolute Gasteiger partial charge is 0.481 e. The molecular formula is C17H25NO3S. The van der Waals surface area contributed by atoms with Crippen LogP contribution in [-0.4, -0.2) is 28.5 Å². The molecule has 1 aromatic carbocycles. The van der Waals surface area contributed by atoms with Crippen LogP contribution >= 0.6 is 11.8 Å². The number of benzene rings is 1. The van der Waals surface area contributed by atoms with Crippen LogP contribution in [0.1, 0.15) is 44.7 Å². The van der Waals surface area contributed by atoms with Crippen molar-refractivity contribution in [2.24, 2.45) is 5.92 Å². The second-order valence-electron chi connectivity index (χ2n) is 5.70. The summed E-state index contributed by atoms with van der Waals surface area (Å²) < 4.78 is 0. The second-order valence-corrected chi connectivity index (χ2v) is 6.80. The fourth-order valence-corrected chi connectivity index (χ4v) is 3.05. The number of carbonyl (C=O) groups is 2. The summed E-state index contributed by atoms with van der Waals surface area (Å²) in [7, 11) is 0. The van der Waals surface area contributed by atoms with Gasteiger partial charge in [0.25, 0.3) is 0 Å². The van der Waals surface area contributed by atoms with Crippen LogP contribution in [0.4, 0.5) is 0 Å². The van der Waals surface area contributed by atoms with Gasteiger partial charge in [0.05, 0.1) is 11.8 Å². The lowest BCUT2D eigenvalue weighted by Gasteiger charge is -2.18. The summed E-state index contributed by atoms with van der Waals surface area (Å²) in [5, 5.41) is 11.8. The molecule has 0 aromatic heterocycles. The first-order valence-corrected chi connectivity index (χ1v) is 8.78. The van der Waals surface area contributed by atoms with Crippen LogP contribution in [0.2, 0.25) is 0 Å². The molecule has 0 aliphatic heterocycles. The van der Waals surface area contributed by atoms with E-state index in [1.807, 2.05) is 30.3 Å². The zero-order chi connectivity index (χ0) is 16.4. The van der Waals surface area contributed by atoms with E-state index in [2.05, 4.69) is 19.2 Å². The minimum atomic E-state index is -0.846. The highest BCUT2D eigenvalue weighted by molar-refractivity contribution is 7.99. The predicted octanol–water partition coefficient (Wildman–Crippen LogP) is 3.49. The van der Waals surface area contributed by atoms with Crippen molar-refractivity contribution in [2.75, 3.05) is 11.5 Å². The fourth-order valence-electron chi connectivity index (χ4n) is 2.00. The minimum absolute atomic E-state index is 0.0343. The molecule has 0 spiro atoms. The number of amides is 1. The van der Waals surface area contributed by atoms with E-state index in [1.165, 1.54) is 0 Å². The Bertz CT molecular complexity index is 462. The van der Waals surface area contributed by atoms with Crippen molar-refractivity contribution in [1.82, 2.24) is 5.32 Å². The zero-order valence-corrected chi connectivity index (χ0v) is 14.1. The van der Waals surface area contributed by atoms with Gasteiger partial charge < -0.3 is 10.4 Å². The molecule has 0 saturated carbocycles. The third-order valence-corrected chi connectivity index (χ3v) is 4.25. The maximum Gasteiger partial charge on any atom is 0.303 e. The van der Waals surface area contributed by atoms with E-state index in [4.69, 9.17) is 5.11 Å². The summed E-state index contributed by atoms with van der Waals surface area (Å²) >= 11 is 1.62. The maximum atomic E-state index is 12.0. The Labute approximate surface area is 136 Å². The van der Waals surface area contributed by atoms with E-state index < -0.39 is 5.97 Å². The first kappa shape index (κ1) is 18.6. The van der Waals surface area contributed by atoms with E-state index in [0.29, 0.717) is 18.1 Å². The van der Waals surface area contributed by atoms with Gasteiger partial charge in [-0.3, -0.25) is 9.59 Å². The number of hydrogen-bond acceptors (Lipinski definition) is 3. The molecule has 0 aliphatic rings. The summed E-state index contributed by atoms with van der Waals surface area (Å²) in [5.41, 5.74) is 0.948. The van der Waals surface area contributed by atoms with Crippen LogP contribution in [0.3, 0.4) is 0 Å². The van der Waals surface area contributed by atoms with E-state index in [9.17, 15) is 9.59 Å².